The summed E-state index contributed by atoms with van der Waals surface area (Å²) in [7, 11) is -5.24. The third-order valence-electron chi connectivity index (χ3n) is 5.68. The highest BCUT2D eigenvalue weighted by molar-refractivity contribution is 14.0. The lowest BCUT2D eigenvalue weighted by Crippen LogP contribution is -2.51. The zero-order valence-electron chi connectivity index (χ0n) is 17.3. The lowest BCUT2D eigenvalue weighted by atomic mass is 10.1. The maximum atomic E-state index is 12.7. The number of halogens is 4. The number of alkyl halides is 3. The number of rotatable bonds is 9. The number of piperidine rings is 1. The fourth-order valence-electron chi connectivity index (χ4n) is 3.69. The van der Waals surface area contributed by atoms with Crippen LogP contribution in [0.15, 0.2) is 4.99 Å². The zero-order chi connectivity index (χ0) is 21.1. The van der Waals surface area contributed by atoms with Crippen molar-refractivity contribution in [2.24, 2.45) is 10.9 Å². The molecule has 0 radical (unpaired) electrons. The van der Waals surface area contributed by atoms with Crippen LogP contribution in [0.2, 0.25) is 0 Å². The molecule has 3 rings (SSSR count). The van der Waals surface area contributed by atoms with E-state index in [9.17, 15) is 21.6 Å². The standard InChI is InChI=1S/C18H32F3N5O2S.HI/c1-2-22-17(23-9-12-25(16-5-6-16)13-14-3-4-14)24-15-7-10-26(11-8-15)29(27,28)18(19,20)21;/h14-16H,2-13H2,1H3,(H2,22,23,24);1H. The van der Waals surface area contributed by atoms with E-state index in [2.05, 4.69) is 20.5 Å². The van der Waals surface area contributed by atoms with Crippen LogP contribution in [-0.2, 0) is 10.0 Å². The van der Waals surface area contributed by atoms with E-state index in [0.29, 0.717) is 42.2 Å². The third kappa shape index (κ3) is 7.37. The SMILES string of the molecule is CCNC(=NCCN(CC1CC1)C1CC1)NC1CCN(S(=O)(=O)C(F)(F)F)CC1.I. The smallest absolute Gasteiger partial charge is 0.357 e. The first-order chi connectivity index (χ1) is 13.7. The number of hydrogen-bond donors (Lipinski definition) is 2. The first-order valence-corrected chi connectivity index (χ1v) is 12.0. The molecule has 2 saturated carbocycles. The van der Waals surface area contributed by atoms with Gasteiger partial charge in [-0.1, -0.05) is 0 Å². The second-order valence-electron chi connectivity index (χ2n) is 8.20. The van der Waals surface area contributed by atoms with Gasteiger partial charge in [-0.25, -0.2) is 8.42 Å². The van der Waals surface area contributed by atoms with Gasteiger partial charge >= 0.3 is 15.5 Å². The zero-order valence-corrected chi connectivity index (χ0v) is 20.5. The number of aliphatic imine (C=N–C) groups is 1. The second kappa shape index (κ2) is 11.0. The van der Waals surface area contributed by atoms with Crippen molar-refractivity contribution in [3.63, 3.8) is 0 Å². The van der Waals surface area contributed by atoms with E-state index in [4.69, 9.17) is 0 Å². The predicted octanol–water partition coefficient (Wildman–Crippen LogP) is 2.35. The Kier molecular flexibility index (Phi) is 9.50. The van der Waals surface area contributed by atoms with E-state index in [1.807, 2.05) is 6.92 Å². The molecule has 176 valence electrons. The maximum absolute atomic E-state index is 12.7. The van der Waals surface area contributed by atoms with Gasteiger partial charge in [-0.05, 0) is 51.4 Å². The molecule has 0 unspecified atom stereocenters. The van der Waals surface area contributed by atoms with Gasteiger partial charge in [-0.3, -0.25) is 9.89 Å². The predicted molar refractivity (Wildman–Crippen MR) is 121 cm³/mol. The fourth-order valence-corrected chi connectivity index (χ4v) is 4.67. The summed E-state index contributed by atoms with van der Waals surface area (Å²) in [5.41, 5.74) is -5.24. The van der Waals surface area contributed by atoms with Crippen LogP contribution in [0.25, 0.3) is 0 Å². The Bertz CT molecular complexity index is 676. The summed E-state index contributed by atoms with van der Waals surface area (Å²) < 4.78 is 61.7. The molecule has 1 saturated heterocycles. The molecular weight excluding hydrogens is 534 g/mol. The number of nitrogens with zero attached hydrogens (tertiary/aromatic N) is 3. The monoisotopic (exact) mass is 567 g/mol. The summed E-state index contributed by atoms with van der Waals surface area (Å²) in [4.78, 5) is 7.17. The molecule has 30 heavy (non-hydrogen) atoms. The minimum atomic E-state index is -5.24. The Hall–Kier alpha value is -0.340. The molecule has 12 heteroatoms. The highest BCUT2D eigenvalue weighted by Crippen LogP contribution is 2.34. The molecule has 7 nitrogen and oxygen atoms in total. The highest BCUT2D eigenvalue weighted by Gasteiger charge is 2.50. The summed E-state index contributed by atoms with van der Waals surface area (Å²) in [5.74, 6) is 1.50. The molecule has 2 aliphatic carbocycles. The third-order valence-corrected chi connectivity index (χ3v) is 7.31. The van der Waals surface area contributed by atoms with E-state index in [1.165, 1.54) is 25.7 Å². The van der Waals surface area contributed by atoms with Gasteiger partial charge in [0.1, 0.15) is 0 Å². The molecule has 0 aromatic heterocycles. The topological polar surface area (TPSA) is 77.0 Å². The minimum absolute atomic E-state index is 0. The molecule has 0 atom stereocenters. The van der Waals surface area contributed by atoms with Gasteiger partial charge in [0.25, 0.3) is 0 Å². The van der Waals surface area contributed by atoms with Gasteiger partial charge in [0.15, 0.2) is 5.96 Å². The van der Waals surface area contributed by atoms with Gasteiger partial charge in [0.2, 0.25) is 0 Å². The Labute approximate surface area is 194 Å². The molecule has 0 aromatic rings. The van der Waals surface area contributed by atoms with Crippen LogP contribution < -0.4 is 10.6 Å². The van der Waals surface area contributed by atoms with Crippen molar-refractivity contribution in [3.05, 3.63) is 0 Å². The van der Waals surface area contributed by atoms with Crippen LogP contribution in [-0.4, -0.2) is 80.4 Å². The van der Waals surface area contributed by atoms with Gasteiger partial charge < -0.3 is 10.6 Å². The summed E-state index contributed by atoms with van der Waals surface area (Å²) in [6.45, 7) is 5.10. The molecule has 3 aliphatic rings. The average molecular weight is 567 g/mol. The molecule has 3 fully saturated rings. The largest absolute Gasteiger partial charge is 0.511 e. The minimum Gasteiger partial charge on any atom is -0.357 e. The summed E-state index contributed by atoms with van der Waals surface area (Å²) in [5, 5.41) is 6.43. The van der Waals surface area contributed by atoms with Crippen LogP contribution in [0.3, 0.4) is 0 Å². The maximum Gasteiger partial charge on any atom is 0.511 e. The quantitative estimate of drug-likeness (QED) is 0.254. The molecule has 0 amide bonds. The first-order valence-electron chi connectivity index (χ1n) is 10.6. The Morgan fingerprint density at radius 2 is 1.77 bits per heavy atom. The number of guanidine groups is 1. The van der Waals surface area contributed by atoms with Gasteiger partial charge in [0, 0.05) is 44.8 Å². The van der Waals surface area contributed by atoms with Crippen molar-refractivity contribution in [1.82, 2.24) is 19.8 Å². The average Bonchev–Trinajstić information content (AvgIpc) is 3.54. The highest BCUT2D eigenvalue weighted by atomic mass is 127. The Morgan fingerprint density at radius 1 is 1.13 bits per heavy atom. The Balaban J connectivity index is 0.00000320. The van der Waals surface area contributed by atoms with Crippen molar-refractivity contribution >= 4 is 40.0 Å². The normalized spacial score (nSPS) is 22.1. The fraction of sp³-hybridized carbons (Fsp3) is 0.944. The summed E-state index contributed by atoms with van der Waals surface area (Å²) in [6.07, 6.45) is 5.84. The molecule has 1 aliphatic heterocycles. The van der Waals surface area contributed by atoms with Crippen LogP contribution >= 0.6 is 24.0 Å². The van der Waals surface area contributed by atoms with E-state index in [0.717, 1.165) is 19.0 Å². The van der Waals surface area contributed by atoms with Gasteiger partial charge in [-0.15, -0.1) is 24.0 Å². The summed E-state index contributed by atoms with van der Waals surface area (Å²) >= 11 is 0. The first kappa shape index (κ1) is 25.9. The van der Waals surface area contributed by atoms with Gasteiger partial charge in [0.05, 0.1) is 6.54 Å². The molecule has 2 N–H and O–H groups in total. The molecular formula is C18H33F3IN5O2S. The number of nitrogens with one attached hydrogen (secondary N) is 2. The lowest BCUT2D eigenvalue weighted by Gasteiger charge is -2.32. The number of hydrogen-bond acceptors (Lipinski definition) is 4. The van der Waals surface area contributed by atoms with Crippen molar-refractivity contribution < 1.29 is 21.6 Å². The van der Waals surface area contributed by atoms with Gasteiger partial charge in [-0.2, -0.15) is 17.5 Å². The van der Waals surface area contributed by atoms with Crippen molar-refractivity contribution in [2.45, 2.75) is 63.0 Å². The van der Waals surface area contributed by atoms with Crippen molar-refractivity contribution in [1.29, 1.82) is 0 Å². The lowest BCUT2D eigenvalue weighted by molar-refractivity contribution is -0.0494. The molecule has 0 bridgehead atoms. The molecule has 0 aromatic carbocycles. The van der Waals surface area contributed by atoms with Crippen LogP contribution in [0.1, 0.15) is 45.4 Å². The van der Waals surface area contributed by atoms with Crippen LogP contribution in [0.5, 0.6) is 0 Å². The van der Waals surface area contributed by atoms with Crippen LogP contribution in [0.4, 0.5) is 13.2 Å². The van der Waals surface area contributed by atoms with Crippen LogP contribution in [0, 0.1) is 5.92 Å². The number of sulfonamides is 1. The molecule has 0 spiro atoms. The van der Waals surface area contributed by atoms with Crippen molar-refractivity contribution in [2.75, 3.05) is 39.3 Å². The van der Waals surface area contributed by atoms with E-state index in [-0.39, 0.29) is 43.1 Å². The summed E-state index contributed by atoms with van der Waals surface area (Å²) in [6, 6.07) is 0.611. The Morgan fingerprint density at radius 3 is 2.27 bits per heavy atom. The molecule has 1 heterocycles. The van der Waals surface area contributed by atoms with E-state index < -0.39 is 15.5 Å². The second-order valence-corrected chi connectivity index (χ2v) is 10.1. The van der Waals surface area contributed by atoms with Crippen molar-refractivity contribution in [3.8, 4) is 0 Å². The van der Waals surface area contributed by atoms with E-state index >= 15 is 0 Å². The van der Waals surface area contributed by atoms with E-state index in [1.54, 1.807) is 0 Å².